The van der Waals surface area contributed by atoms with Gasteiger partial charge in [0.25, 0.3) is 0 Å². The van der Waals surface area contributed by atoms with Gasteiger partial charge in [0.1, 0.15) is 11.3 Å². The van der Waals surface area contributed by atoms with Crippen molar-refractivity contribution in [3.8, 4) is 16.9 Å². The molecule has 7 heteroatoms. The zero-order chi connectivity index (χ0) is 23.7. The topological polar surface area (TPSA) is 89.9 Å². The second-order valence-electron chi connectivity index (χ2n) is 9.90. The molecule has 1 aliphatic heterocycles. The molecule has 1 aromatic heterocycles. The number of nitrogens with one attached hydrogen (secondary N) is 1. The van der Waals surface area contributed by atoms with Gasteiger partial charge in [0.2, 0.25) is 0 Å². The molecular formula is C27H34N2O5. The van der Waals surface area contributed by atoms with Gasteiger partial charge in [-0.3, -0.25) is 4.98 Å². The molecule has 0 radical (unpaired) electrons. The lowest BCUT2D eigenvalue weighted by atomic mass is 9.89. The Morgan fingerprint density at radius 3 is 2.65 bits per heavy atom. The largest absolute Gasteiger partial charge is 0.492 e. The van der Waals surface area contributed by atoms with Crippen molar-refractivity contribution in [2.45, 2.75) is 64.2 Å². The zero-order valence-electron chi connectivity index (χ0n) is 20.0. The van der Waals surface area contributed by atoms with Crippen LogP contribution in [0.25, 0.3) is 11.1 Å². The standard InChI is InChI=1S/C27H34N2O5/c1-3-33-25-15-28-14-24(17(25)2)23-5-4-21(29-27(26(30)31)6-8-32-9-7-27)11-20(23)16-34-22-12-18-10-19(18)13-22/h4-5,11,14-15,18-19,22,29H,3,6-10,12-13,16H2,1-2H3,(H,30,31). The second kappa shape index (κ2) is 9.55. The summed E-state index contributed by atoms with van der Waals surface area (Å²) in [5.41, 5.74) is 3.87. The number of carboxylic acids is 1. The number of pyridine rings is 1. The highest BCUT2D eigenvalue weighted by Crippen LogP contribution is 2.52. The Morgan fingerprint density at radius 2 is 1.94 bits per heavy atom. The van der Waals surface area contributed by atoms with Crippen molar-refractivity contribution in [2.75, 3.05) is 25.1 Å². The molecule has 0 amide bonds. The smallest absolute Gasteiger partial charge is 0.329 e. The van der Waals surface area contributed by atoms with Crippen molar-refractivity contribution in [2.24, 2.45) is 11.8 Å². The first-order valence-electron chi connectivity index (χ1n) is 12.4. The van der Waals surface area contributed by atoms with Crippen LogP contribution in [0, 0.1) is 18.8 Å². The van der Waals surface area contributed by atoms with E-state index in [4.69, 9.17) is 14.2 Å². The van der Waals surface area contributed by atoms with Gasteiger partial charge < -0.3 is 24.6 Å². The summed E-state index contributed by atoms with van der Waals surface area (Å²) in [6.07, 6.45) is 8.46. The fourth-order valence-corrected chi connectivity index (χ4v) is 5.52. The lowest BCUT2D eigenvalue weighted by molar-refractivity contribution is -0.145. The quantitative estimate of drug-likeness (QED) is 0.548. The molecule has 0 spiro atoms. The van der Waals surface area contributed by atoms with Gasteiger partial charge in [-0.05, 0) is 68.2 Å². The van der Waals surface area contributed by atoms with E-state index in [0.717, 1.165) is 58.4 Å². The average molecular weight is 467 g/mol. The van der Waals surface area contributed by atoms with Gasteiger partial charge in [-0.2, -0.15) is 0 Å². The van der Waals surface area contributed by atoms with Crippen LogP contribution in [0.3, 0.4) is 0 Å². The molecule has 0 bridgehead atoms. The number of hydrogen-bond donors (Lipinski definition) is 2. The van der Waals surface area contributed by atoms with E-state index >= 15 is 0 Å². The van der Waals surface area contributed by atoms with Crippen LogP contribution < -0.4 is 10.1 Å². The van der Waals surface area contributed by atoms with Crippen LogP contribution in [0.1, 0.15) is 50.2 Å². The van der Waals surface area contributed by atoms with E-state index in [9.17, 15) is 9.90 Å². The SMILES string of the molecule is CCOc1cncc(-c2ccc(NC3(C(=O)O)CCOCC3)cc2COC2CC3CC3C2)c1C. The number of aromatic nitrogens is 1. The van der Waals surface area contributed by atoms with Crippen LogP contribution in [0.4, 0.5) is 5.69 Å². The number of rotatable bonds is 9. The van der Waals surface area contributed by atoms with E-state index in [-0.39, 0.29) is 0 Å². The van der Waals surface area contributed by atoms with Gasteiger partial charge in [0, 0.05) is 49.1 Å². The van der Waals surface area contributed by atoms with Gasteiger partial charge in [-0.25, -0.2) is 4.79 Å². The molecule has 2 atom stereocenters. The maximum atomic E-state index is 12.2. The lowest BCUT2D eigenvalue weighted by Gasteiger charge is -2.35. The van der Waals surface area contributed by atoms with E-state index in [2.05, 4.69) is 10.3 Å². The van der Waals surface area contributed by atoms with Gasteiger partial charge in [0.05, 0.1) is 25.5 Å². The molecule has 1 aromatic carbocycles. The highest BCUT2D eigenvalue weighted by atomic mass is 16.5. The monoisotopic (exact) mass is 466 g/mol. The molecule has 2 aliphatic carbocycles. The normalized spacial score (nSPS) is 24.9. The average Bonchev–Trinajstić information content (AvgIpc) is 3.45. The molecule has 182 valence electrons. The van der Waals surface area contributed by atoms with Gasteiger partial charge in [-0.15, -0.1) is 0 Å². The summed E-state index contributed by atoms with van der Waals surface area (Å²) >= 11 is 0. The minimum Gasteiger partial charge on any atom is -0.492 e. The molecule has 3 fully saturated rings. The van der Waals surface area contributed by atoms with Crippen molar-refractivity contribution >= 4 is 11.7 Å². The Labute approximate surface area is 200 Å². The Hall–Kier alpha value is -2.64. The van der Waals surface area contributed by atoms with E-state index in [1.54, 1.807) is 6.20 Å². The summed E-state index contributed by atoms with van der Waals surface area (Å²) in [6, 6.07) is 6.04. The minimum absolute atomic E-state index is 0.308. The van der Waals surface area contributed by atoms with Gasteiger partial charge in [-0.1, -0.05) is 6.07 Å². The number of anilines is 1. The fourth-order valence-electron chi connectivity index (χ4n) is 5.52. The lowest BCUT2D eigenvalue weighted by Crippen LogP contribution is -2.50. The number of hydrogen-bond acceptors (Lipinski definition) is 6. The van der Waals surface area contributed by atoms with Crippen LogP contribution in [0.15, 0.2) is 30.6 Å². The maximum Gasteiger partial charge on any atom is 0.329 e. The number of benzene rings is 1. The molecule has 1 saturated heterocycles. The van der Waals surface area contributed by atoms with Crippen molar-refractivity contribution in [3.05, 3.63) is 41.7 Å². The molecule has 2 unspecified atom stereocenters. The van der Waals surface area contributed by atoms with Crippen molar-refractivity contribution in [1.29, 1.82) is 0 Å². The van der Waals surface area contributed by atoms with Gasteiger partial charge in [0.15, 0.2) is 0 Å². The predicted molar refractivity (Wildman–Crippen MR) is 129 cm³/mol. The Kier molecular flexibility index (Phi) is 6.49. The number of ether oxygens (including phenoxy) is 3. The fraction of sp³-hybridized carbons (Fsp3) is 0.556. The van der Waals surface area contributed by atoms with E-state index in [1.165, 1.54) is 6.42 Å². The highest BCUT2D eigenvalue weighted by molar-refractivity contribution is 5.83. The summed E-state index contributed by atoms with van der Waals surface area (Å²) in [4.78, 5) is 16.6. The summed E-state index contributed by atoms with van der Waals surface area (Å²) in [6.45, 7) is 5.95. The minimum atomic E-state index is -1.02. The molecule has 3 aliphatic rings. The molecule has 34 heavy (non-hydrogen) atoms. The molecule has 2 heterocycles. The highest BCUT2D eigenvalue weighted by Gasteiger charge is 2.46. The zero-order valence-corrected chi connectivity index (χ0v) is 20.0. The van der Waals surface area contributed by atoms with Crippen LogP contribution in [0.5, 0.6) is 5.75 Å². The number of aliphatic carboxylic acids is 1. The number of fused-ring (bicyclic) bond motifs is 1. The van der Waals surface area contributed by atoms with E-state index in [1.807, 2.05) is 38.2 Å². The summed E-state index contributed by atoms with van der Waals surface area (Å²) in [5, 5.41) is 13.3. The van der Waals surface area contributed by atoms with Crippen LogP contribution >= 0.6 is 0 Å². The second-order valence-corrected chi connectivity index (χ2v) is 9.90. The van der Waals surface area contributed by atoms with Crippen LogP contribution in [0.2, 0.25) is 0 Å². The third-order valence-electron chi connectivity index (χ3n) is 7.68. The Bertz CT molecular complexity index is 1040. The summed E-state index contributed by atoms with van der Waals surface area (Å²) in [7, 11) is 0. The van der Waals surface area contributed by atoms with Crippen molar-refractivity contribution in [1.82, 2.24) is 4.98 Å². The first-order chi connectivity index (χ1) is 16.5. The summed E-state index contributed by atoms with van der Waals surface area (Å²) in [5.74, 6) is 1.65. The van der Waals surface area contributed by atoms with Crippen LogP contribution in [-0.2, 0) is 20.9 Å². The number of carbonyl (C=O) groups is 1. The number of nitrogens with zero attached hydrogens (tertiary/aromatic N) is 1. The predicted octanol–water partition coefficient (Wildman–Crippen LogP) is 4.82. The molecule has 2 aromatic rings. The Balaban J connectivity index is 1.45. The Morgan fingerprint density at radius 1 is 1.18 bits per heavy atom. The molecule has 2 N–H and O–H groups in total. The first kappa shape index (κ1) is 23.1. The molecule has 5 rings (SSSR count). The maximum absolute atomic E-state index is 12.2. The molecular weight excluding hydrogens is 432 g/mol. The van der Waals surface area contributed by atoms with Crippen molar-refractivity contribution < 1.29 is 24.1 Å². The number of carboxylic acid groups (broad SMARTS) is 1. The third kappa shape index (κ3) is 4.64. The van der Waals surface area contributed by atoms with E-state index in [0.29, 0.717) is 45.4 Å². The van der Waals surface area contributed by atoms with Crippen LogP contribution in [-0.4, -0.2) is 47.5 Å². The van der Waals surface area contributed by atoms with E-state index < -0.39 is 11.5 Å². The molecule has 2 saturated carbocycles. The van der Waals surface area contributed by atoms with Crippen molar-refractivity contribution in [3.63, 3.8) is 0 Å². The summed E-state index contributed by atoms with van der Waals surface area (Å²) < 4.78 is 17.6. The first-order valence-corrected chi connectivity index (χ1v) is 12.4. The third-order valence-corrected chi connectivity index (χ3v) is 7.68. The molecule has 7 nitrogen and oxygen atoms in total. The van der Waals surface area contributed by atoms with Gasteiger partial charge >= 0.3 is 5.97 Å².